The van der Waals surface area contributed by atoms with Crippen LogP contribution in [0.4, 0.5) is 0 Å². The highest BCUT2D eigenvalue weighted by molar-refractivity contribution is 5.37. The zero-order valence-corrected chi connectivity index (χ0v) is 6.09. The Bertz CT molecular complexity index is 198. The number of hydrogen-bond donors (Lipinski definition) is 0. The van der Waals surface area contributed by atoms with Crippen LogP contribution in [-0.4, -0.2) is 0 Å². The van der Waals surface area contributed by atoms with E-state index in [0.717, 1.165) is 11.8 Å². The first kappa shape index (κ1) is 5.17. The molecule has 0 aromatic rings. The summed E-state index contributed by atoms with van der Waals surface area (Å²) in [7, 11) is 0. The van der Waals surface area contributed by atoms with E-state index in [1.165, 1.54) is 19.3 Å². The molecular formula is C10H12. The van der Waals surface area contributed by atoms with Crippen LogP contribution in [-0.2, 0) is 0 Å². The largest absolute Gasteiger partial charge is 0.0740 e. The van der Waals surface area contributed by atoms with E-state index in [0.29, 0.717) is 5.41 Å². The predicted molar refractivity (Wildman–Crippen MR) is 41.5 cm³/mol. The molecule has 0 bridgehead atoms. The molecule has 0 N–H and O–H groups in total. The fraction of sp³-hybridized carbons (Fsp3) is 0.600. The molecule has 0 aromatic heterocycles. The van der Waals surface area contributed by atoms with Gasteiger partial charge in [0.25, 0.3) is 0 Å². The molecule has 0 saturated heterocycles. The number of fused-ring (bicyclic) bond motifs is 3. The molecule has 0 amide bonds. The average Bonchev–Trinajstić information content (AvgIpc) is 2.41. The highest BCUT2D eigenvalue weighted by Gasteiger charge is 2.63. The average molecular weight is 132 g/mol. The Hall–Kier alpha value is -0.520. The Morgan fingerprint density at radius 2 is 1.60 bits per heavy atom. The van der Waals surface area contributed by atoms with Crippen molar-refractivity contribution in [2.45, 2.75) is 19.3 Å². The third-order valence-corrected chi connectivity index (χ3v) is 3.57. The molecule has 52 valence electrons. The van der Waals surface area contributed by atoms with Crippen LogP contribution in [0.5, 0.6) is 0 Å². The summed E-state index contributed by atoms with van der Waals surface area (Å²) < 4.78 is 0. The van der Waals surface area contributed by atoms with E-state index in [1.54, 1.807) is 0 Å². The molecular weight excluding hydrogens is 120 g/mol. The van der Waals surface area contributed by atoms with Crippen molar-refractivity contribution in [2.24, 2.45) is 17.3 Å². The van der Waals surface area contributed by atoms with Crippen LogP contribution in [0.15, 0.2) is 24.3 Å². The minimum atomic E-state index is 0.595. The van der Waals surface area contributed by atoms with Crippen molar-refractivity contribution < 1.29 is 0 Å². The van der Waals surface area contributed by atoms with Gasteiger partial charge in [-0.2, -0.15) is 0 Å². The van der Waals surface area contributed by atoms with E-state index in [4.69, 9.17) is 0 Å². The Labute approximate surface area is 61.6 Å². The van der Waals surface area contributed by atoms with Gasteiger partial charge in [0.1, 0.15) is 0 Å². The number of allylic oxidation sites excluding steroid dienone is 4. The van der Waals surface area contributed by atoms with Crippen LogP contribution in [0.1, 0.15) is 19.3 Å². The highest BCUT2D eigenvalue weighted by atomic mass is 14.7. The Morgan fingerprint density at radius 3 is 2.20 bits per heavy atom. The second kappa shape index (κ2) is 1.39. The molecule has 0 heterocycles. The van der Waals surface area contributed by atoms with Crippen molar-refractivity contribution in [3.63, 3.8) is 0 Å². The van der Waals surface area contributed by atoms with Gasteiger partial charge in [0.05, 0.1) is 0 Å². The fourth-order valence-corrected chi connectivity index (χ4v) is 3.04. The van der Waals surface area contributed by atoms with Crippen LogP contribution in [0.2, 0.25) is 0 Å². The summed E-state index contributed by atoms with van der Waals surface area (Å²) in [6.45, 7) is 0. The monoisotopic (exact) mass is 132 g/mol. The van der Waals surface area contributed by atoms with Gasteiger partial charge in [0, 0.05) is 5.41 Å². The Balaban J connectivity index is 1.98. The van der Waals surface area contributed by atoms with Gasteiger partial charge < -0.3 is 0 Å². The summed E-state index contributed by atoms with van der Waals surface area (Å²) >= 11 is 0. The molecule has 0 radical (unpaired) electrons. The summed E-state index contributed by atoms with van der Waals surface area (Å²) in [4.78, 5) is 0. The number of rotatable bonds is 0. The van der Waals surface area contributed by atoms with Gasteiger partial charge >= 0.3 is 0 Å². The third kappa shape index (κ3) is 0.387. The lowest BCUT2D eigenvalue weighted by Gasteiger charge is -2.06. The third-order valence-electron chi connectivity index (χ3n) is 3.57. The van der Waals surface area contributed by atoms with Crippen LogP contribution in [0.25, 0.3) is 0 Å². The molecule has 10 heavy (non-hydrogen) atoms. The smallest absolute Gasteiger partial charge is 0.0130 e. The van der Waals surface area contributed by atoms with E-state index in [1.807, 2.05) is 0 Å². The van der Waals surface area contributed by atoms with E-state index in [-0.39, 0.29) is 0 Å². The van der Waals surface area contributed by atoms with Crippen molar-refractivity contribution in [1.29, 1.82) is 0 Å². The first-order valence-corrected chi connectivity index (χ1v) is 4.30. The standard InChI is InChI=1S/C10H12/c1-2-7-10(6-1)8-4-3-5-9(8)10/h1-2,6-9H,3-5H2. The highest BCUT2D eigenvalue weighted by Crippen LogP contribution is 2.69. The molecule has 0 heteroatoms. The summed E-state index contributed by atoms with van der Waals surface area (Å²) in [6.07, 6.45) is 13.7. The summed E-state index contributed by atoms with van der Waals surface area (Å²) in [6, 6.07) is 0. The molecule has 2 fully saturated rings. The maximum Gasteiger partial charge on any atom is 0.0130 e. The molecule has 2 atom stereocenters. The lowest BCUT2D eigenvalue weighted by molar-refractivity contribution is 0.574. The first-order valence-electron chi connectivity index (χ1n) is 4.30. The van der Waals surface area contributed by atoms with Crippen molar-refractivity contribution >= 4 is 0 Å². The second-order valence-corrected chi connectivity index (χ2v) is 3.86. The van der Waals surface area contributed by atoms with Gasteiger partial charge in [-0.3, -0.25) is 0 Å². The van der Waals surface area contributed by atoms with E-state index < -0.39 is 0 Å². The lowest BCUT2D eigenvalue weighted by atomic mass is 9.98. The van der Waals surface area contributed by atoms with Gasteiger partial charge in [-0.25, -0.2) is 0 Å². The predicted octanol–water partition coefficient (Wildman–Crippen LogP) is 2.53. The van der Waals surface area contributed by atoms with Gasteiger partial charge in [0.2, 0.25) is 0 Å². The topological polar surface area (TPSA) is 0 Å². The molecule has 0 aromatic carbocycles. The summed E-state index contributed by atoms with van der Waals surface area (Å²) in [5.41, 5.74) is 0.595. The van der Waals surface area contributed by atoms with Gasteiger partial charge in [-0.15, -0.1) is 0 Å². The van der Waals surface area contributed by atoms with Crippen LogP contribution in [0, 0.1) is 17.3 Å². The van der Waals surface area contributed by atoms with Crippen molar-refractivity contribution in [3.05, 3.63) is 24.3 Å². The number of hydrogen-bond acceptors (Lipinski definition) is 0. The first-order chi connectivity index (χ1) is 4.93. The molecule has 3 rings (SSSR count). The zero-order valence-electron chi connectivity index (χ0n) is 6.09. The lowest BCUT2D eigenvalue weighted by Crippen LogP contribution is -1.97. The maximum absolute atomic E-state index is 2.42. The van der Waals surface area contributed by atoms with Crippen molar-refractivity contribution in [2.75, 3.05) is 0 Å². The Kier molecular flexibility index (Phi) is 0.719. The van der Waals surface area contributed by atoms with Crippen molar-refractivity contribution in [1.82, 2.24) is 0 Å². The van der Waals surface area contributed by atoms with E-state index >= 15 is 0 Å². The normalized spacial score (nSPS) is 44.8. The quantitative estimate of drug-likeness (QED) is 0.475. The second-order valence-electron chi connectivity index (χ2n) is 3.86. The molecule has 0 aliphatic heterocycles. The Morgan fingerprint density at radius 1 is 1.00 bits per heavy atom. The summed E-state index contributed by atoms with van der Waals surface area (Å²) in [5, 5.41) is 0. The van der Waals surface area contributed by atoms with Crippen LogP contribution in [0.3, 0.4) is 0 Å². The maximum atomic E-state index is 2.42. The van der Waals surface area contributed by atoms with Crippen LogP contribution >= 0.6 is 0 Å². The minimum absolute atomic E-state index is 0.595. The molecule has 3 aliphatic rings. The summed E-state index contributed by atoms with van der Waals surface area (Å²) in [5.74, 6) is 2.09. The molecule has 1 spiro atoms. The van der Waals surface area contributed by atoms with Crippen molar-refractivity contribution in [3.8, 4) is 0 Å². The van der Waals surface area contributed by atoms with Gasteiger partial charge in [-0.05, 0) is 24.7 Å². The van der Waals surface area contributed by atoms with Crippen LogP contribution < -0.4 is 0 Å². The van der Waals surface area contributed by atoms with E-state index in [9.17, 15) is 0 Å². The SMILES string of the molecule is C1=CC2(C=C1)C1CCCC12. The van der Waals surface area contributed by atoms with Gasteiger partial charge in [-0.1, -0.05) is 30.7 Å². The fourth-order valence-electron chi connectivity index (χ4n) is 3.04. The molecule has 0 nitrogen and oxygen atoms in total. The van der Waals surface area contributed by atoms with Gasteiger partial charge in [0.15, 0.2) is 0 Å². The molecule has 3 aliphatic carbocycles. The minimum Gasteiger partial charge on any atom is -0.0740 e. The zero-order chi connectivity index (χ0) is 6.60. The van der Waals surface area contributed by atoms with E-state index in [2.05, 4.69) is 24.3 Å². The molecule has 2 saturated carbocycles. The molecule has 2 unspecified atom stereocenters.